The number of rotatable bonds is 4. The third kappa shape index (κ3) is 3.81. The lowest BCUT2D eigenvalue weighted by atomic mass is 10.1. The van der Waals surface area contributed by atoms with Crippen molar-refractivity contribution in [3.05, 3.63) is 21.4 Å². The summed E-state index contributed by atoms with van der Waals surface area (Å²) in [5, 5.41) is 3.05. The number of thiophene rings is 1. The van der Waals surface area contributed by atoms with Crippen molar-refractivity contribution in [3.8, 4) is 0 Å². The summed E-state index contributed by atoms with van der Waals surface area (Å²) in [5.74, 6) is 0.364. The molecule has 0 aliphatic rings. The number of carbonyl (C=O) groups excluding carboxylic acids is 1. The quantitative estimate of drug-likeness (QED) is 0.837. The highest BCUT2D eigenvalue weighted by atomic mass is 79.9. The molecule has 2 atom stereocenters. The first-order valence-electron chi connectivity index (χ1n) is 5.84. The van der Waals surface area contributed by atoms with E-state index < -0.39 is 0 Å². The zero-order chi connectivity index (χ0) is 13.2. The van der Waals surface area contributed by atoms with Crippen LogP contribution in [0.4, 0.5) is 0 Å². The van der Waals surface area contributed by atoms with E-state index in [1.54, 1.807) is 11.3 Å². The Balaban J connectivity index is 2.70. The van der Waals surface area contributed by atoms with Crippen LogP contribution in [0.5, 0.6) is 0 Å². The van der Waals surface area contributed by atoms with E-state index in [0.717, 1.165) is 0 Å². The standard InChI is InChI=1S/C13H20BrNOS/c1-7(2)12(14)13(16)15-9(4)11-6-8(3)17-10(11)5/h6-7,9,12H,1-5H3,(H,15,16). The van der Waals surface area contributed by atoms with Gasteiger partial charge in [0.1, 0.15) is 0 Å². The molecule has 1 rings (SSSR count). The highest BCUT2D eigenvalue weighted by Crippen LogP contribution is 2.26. The number of amides is 1. The van der Waals surface area contributed by atoms with E-state index in [9.17, 15) is 4.79 Å². The van der Waals surface area contributed by atoms with Crippen LogP contribution in [-0.2, 0) is 4.79 Å². The predicted octanol–water partition coefficient (Wildman–Crippen LogP) is 3.96. The number of carbonyl (C=O) groups is 1. The van der Waals surface area contributed by atoms with Gasteiger partial charge in [0.05, 0.1) is 10.9 Å². The maximum atomic E-state index is 11.9. The Morgan fingerprint density at radius 3 is 2.35 bits per heavy atom. The van der Waals surface area contributed by atoms with E-state index in [2.05, 4.69) is 41.2 Å². The van der Waals surface area contributed by atoms with Crippen molar-refractivity contribution in [1.82, 2.24) is 5.32 Å². The second kappa shape index (κ2) is 6.01. The summed E-state index contributed by atoms with van der Waals surface area (Å²) < 4.78 is 0. The van der Waals surface area contributed by atoms with Crippen molar-refractivity contribution < 1.29 is 4.79 Å². The smallest absolute Gasteiger partial charge is 0.234 e. The molecule has 0 spiro atoms. The van der Waals surface area contributed by atoms with E-state index >= 15 is 0 Å². The van der Waals surface area contributed by atoms with Crippen molar-refractivity contribution >= 4 is 33.2 Å². The van der Waals surface area contributed by atoms with Crippen LogP contribution in [-0.4, -0.2) is 10.7 Å². The topological polar surface area (TPSA) is 29.1 Å². The van der Waals surface area contributed by atoms with Gasteiger partial charge in [0, 0.05) is 9.75 Å². The predicted molar refractivity (Wildman–Crippen MR) is 77.9 cm³/mol. The van der Waals surface area contributed by atoms with Crippen molar-refractivity contribution in [2.75, 3.05) is 0 Å². The fourth-order valence-electron chi connectivity index (χ4n) is 1.75. The average molecular weight is 318 g/mol. The van der Waals surface area contributed by atoms with Gasteiger partial charge in [-0.05, 0) is 38.3 Å². The van der Waals surface area contributed by atoms with Gasteiger partial charge in [-0.15, -0.1) is 11.3 Å². The van der Waals surface area contributed by atoms with Gasteiger partial charge in [-0.1, -0.05) is 29.8 Å². The molecule has 0 bridgehead atoms. The lowest BCUT2D eigenvalue weighted by molar-refractivity contribution is -0.121. The number of hydrogen-bond donors (Lipinski definition) is 1. The third-order valence-electron chi connectivity index (χ3n) is 2.74. The second-order valence-corrected chi connectivity index (χ2v) is 7.19. The molecule has 2 nitrogen and oxygen atoms in total. The molecule has 4 heteroatoms. The van der Waals surface area contributed by atoms with Crippen LogP contribution >= 0.6 is 27.3 Å². The number of nitrogens with one attached hydrogen (secondary N) is 1. The van der Waals surface area contributed by atoms with Crippen LogP contribution < -0.4 is 5.32 Å². The number of aryl methyl sites for hydroxylation is 2. The first-order valence-corrected chi connectivity index (χ1v) is 7.57. The van der Waals surface area contributed by atoms with Gasteiger partial charge in [-0.25, -0.2) is 0 Å². The van der Waals surface area contributed by atoms with Crippen LogP contribution in [0.3, 0.4) is 0 Å². The lowest BCUT2D eigenvalue weighted by Crippen LogP contribution is -2.35. The molecule has 0 aromatic carbocycles. The van der Waals surface area contributed by atoms with Gasteiger partial charge in [-0.3, -0.25) is 4.79 Å². The molecule has 0 saturated carbocycles. The Labute approximate surface area is 116 Å². The van der Waals surface area contributed by atoms with Crippen LogP contribution in [0.25, 0.3) is 0 Å². The minimum absolute atomic E-state index is 0.0655. The monoisotopic (exact) mass is 317 g/mol. The molecular weight excluding hydrogens is 298 g/mol. The number of hydrogen-bond acceptors (Lipinski definition) is 2. The van der Waals surface area contributed by atoms with Gasteiger partial charge in [0.15, 0.2) is 0 Å². The Bertz CT molecular complexity index is 400. The maximum Gasteiger partial charge on any atom is 0.234 e. The molecule has 1 N–H and O–H groups in total. The normalized spacial score (nSPS) is 14.8. The van der Waals surface area contributed by atoms with E-state index in [1.165, 1.54) is 15.3 Å². The largest absolute Gasteiger partial charge is 0.349 e. The summed E-state index contributed by atoms with van der Waals surface area (Å²) in [7, 11) is 0. The highest BCUT2D eigenvalue weighted by Gasteiger charge is 2.21. The molecule has 1 amide bonds. The van der Waals surface area contributed by atoms with E-state index in [-0.39, 0.29) is 16.8 Å². The van der Waals surface area contributed by atoms with E-state index in [4.69, 9.17) is 0 Å². The molecule has 1 heterocycles. The Kier molecular flexibility index (Phi) is 5.20. The van der Waals surface area contributed by atoms with Crippen molar-refractivity contribution in [1.29, 1.82) is 0 Å². The molecule has 0 aliphatic carbocycles. The average Bonchev–Trinajstić information content (AvgIpc) is 2.56. The first kappa shape index (κ1) is 14.7. The third-order valence-corrected chi connectivity index (χ3v) is 5.20. The second-order valence-electron chi connectivity index (χ2n) is 4.74. The Morgan fingerprint density at radius 1 is 1.35 bits per heavy atom. The molecule has 0 fully saturated rings. The van der Waals surface area contributed by atoms with Crippen molar-refractivity contribution in [2.45, 2.75) is 45.5 Å². The van der Waals surface area contributed by atoms with Crippen LogP contribution in [0, 0.1) is 19.8 Å². The summed E-state index contributed by atoms with van der Waals surface area (Å²) in [4.78, 5) is 14.4. The summed E-state index contributed by atoms with van der Waals surface area (Å²) in [6.07, 6.45) is 0. The molecule has 0 aliphatic heterocycles. The zero-order valence-electron chi connectivity index (χ0n) is 11.0. The van der Waals surface area contributed by atoms with Gasteiger partial charge in [0.2, 0.25) is 5.91 Å². The summed E-state index contributed by atoms with van der Waals surface area (Å²) in [6, 6.07) is 2.23. The minimum atomic E-state index is -0.120. The molecule has 17 heavy (non-hydrogen) atoms. The number of halogens is 1. The SMILES string of the molecule is Cc1cc(C(C)NC(=O)C(Br)C(C)C)c(C)s1. The molecule has 1 aromatic heterocycles. The van der Waals surface area contributed by atoms with Gasteiger partial charge in [0.25, 0.3) is 0 Å². The molecule has 0 radical (unpaired) electrons. The van der Waals surface area contributed by atoms with Crippen LogP contribution in [0.1, 0.15) is 42.1 Å². The Morgan fingerprint density at radius 2 is 1.94 bits per heavy atom. The summed E-state index contributed by atoms with van der Waals surface area (Å²) >= 11 is 5.20. The highest BCUT2D eigenvalue weighted by molar-refractivity contribution is 9.10. The summed E-state index contributed by atoms with van der Waals surface area (Å²) in [6.45, 7) is 10.3. The Hall–Kier alpha value is -0.350. The van der Waals surface area contributed by atoms with Gasteiger partial charge >= 0.3 is 0 Å². The van der Waals surface area contributed by atoms with Crippen molar-refractivity contribution in [2.24, 2.45) is 5.92 Å². The van der Waals surface area contributed by atoms with Gasteiger partial charge in [-0.2, -0.15) is 0 Å². The van der Waals surface area contributed by atoms with E-state index in [0.29, 0.717) is 5.92 Å². The molecular formula is C13H20BrNOS. The fourth-order valence-corrected chi connectivity index (χ4v) is 2.91. The number of alkyl halides is 1. The zero-order valence-corrected chi connectivity index (χ0v) is 13.4. The van der Waals surface area contributed by atoms with Gasteiger partial charge < -0.3 is 5.32 Å². The van der Waals surface area contributed by atoms with Crippen molar-refractivity contribution in [3.63, 3.8) is 0 Å². The molecule has 96 valence electrons. The van der Waals surface area contributed by atoms with Crippen LogP contribution in [0.15, 0.2) is 6.07 Å². The minimum Gasteiger partial charge on any atom is -0.349 e. The molecule has 2 unspecified atom stereocenters. The maximum absolute atomic E-state index is 11.9. The molecule has 1 aromatic rings. The molecule has 0 saturated heterocycles. The van der Waals surface area contributed by atoms with Crippen LogP contribution in [0.2, 0.25) is 0 Å². The lowest BCUT2D eigenvalue weighted by Gasteiger charge is -2.18. The first-order chi connectivity index (χ1) is 7.82. The summed E-state index contributed by atoms with van der Waals surface area (Å²) in [5.41, 5.74) is 1.23. The van der Waals surface area contributed by atoms with E-state index in [1.807, 2.05) is 20.8 Å². The fraction of sp³-hybridized carbons (Fsp3) is 0.615.